The van der Waals surface area contributed by atoms with E-state index in [0.717, 1.165) is 12.8 Å². The topological polar surface area (TPSA) is 46.2 Å². The first-order valence-electron chi connectivity index (χ1n) is 7.70. The zero-order chi connectivity index (χ0) is 16.0. The second kappa shape index (κ2) is 7.96. The molecule has 1 aromatic carbocycles. The molecule has 1 unspecified atom stereocenters. The number of aryl methyl sites for hydroxylation is 1. The van der Waals surface area contributed by atoms with Gasteiger partial charge in [-0.15, -0.1) is 0 Å². The van der Waals surface area contributed by atoms with Crippen molar-refractivity contribution in [2.45, 2.75) is 47.0 Å². The number of ketones is 1. The monoisotopic (exact) mass is 289 g/mol. The van der Waals surface area contributed by atoms with Crippen LogP contribution in [0.3, 0.4) is 0 Å². The number of carbonyl (C=O) groups excluding carboxylic acids is 2. The molecule has 1 amide bonds. The molecule has 116 valence electrons. The van der Waals surface area contributed by atoms with Crippen LogP contribution < -0.4 is 5.32 Å². The van der Waals surface area contributed by atoms with Gasteiger partial charge in [-0.2, -0.15) is 0 Å². The van der Waals surface area contributed by atoms with E-state index in [-0.39, 0.29) is 11.7 Å². The Morgan fingerprint density at radius 2 is 1.95 bits per heavy atom. The van der Waals surface area contributed by atoms with Crippen LogP contribution in [0.2, 0.25) is 0 Å². The third-order valence-corrected chi connectivity index (χ3v) is 4.26. The summed E-state index contributed by atoms with van der Waals surface area (Å²) in [5, 5.41) is 2.66. The van der Waals surface area contributed by atoms with E-state index >= 15 is 0 Å². The Bertz CT molecular complexity index is 508. The van der Waals surface area contributed by atoms with Gasteiger partial charge in [0.1, 0.15) is 5.78 Å². The van der Waals surface area contributed by atoms with E-state index in [1.165, 1.54) is 11.1 Å². The van der Waals surface area contributed by atoms with E-state index < -0.39 is 0 Å². The molecule has 0 bridgehead atoms. The lowest BCUT2D eigenvalue weighted by Gasteiger charge is -2.22. The standard InChI is InChI=1S/C18H27NO2/c1-6-15(10-14(4)20)13(3)9-17-11-16(18(21)19-5)8-7-12(17)2/h7-8,11,13,15H,6,9-10H2,1-5H3,(H,19,21)/t13?,15-/m1/s1. The number of hydrogen-bond acceptors (Lipinski definition) is 2. The van der Waals surface area contributed by atoms with Gasteiger partial charge in [0.25, 0.3) is 5.91 Å². The molecule has 0 fully saturated rings. The average molecular weight is 289 g/mol. The molecule has 0 radical (unpaired) electrons. The van der Waals surface area contributed by atoms with E-state index in [1.54, 1.807) is 14.0 Å². The van der Waals surface area contributed by atoms with Crippen molar-refractivity contribution < 1.29 is 9.59 Å². The molecule has 0 heterocycles. The summed E-state index contributed by atoms with van der Waals surface area (Å²) in [6.45, 7) is 8.06. The molecule has 21 heavy (non-hydrogen) atoms. The summed E-state index contributed by atoms with van der Waals surface area (Å²) in [5.74, 6) is 1.03. The minimum Gasteiger partial charge on any atom is -0.355 e. The number of rotatable bonds is 7. The van der Waals surface area contributed by atoms with Gasteiger partial charge in [0.15, 0.2) is 0 Å². The fourth-order valence-electron chi connectivity index (χ4n) is 2.81. The first-order valence-corrected chi connectivity index (χ1v) is 7.70. The number of carbonyl (C=O) groups is 2. The first-order chi connectivity index (χ1) is 9.88. The van der Waals surface area contributed by atoms with Crippen molar-refractivity contribution >= 4 is 11.7 Å². The van der Waals surface area contributed by atoms with Crippen LogP contribution in [0.1, 0.15) is 55.1 Å². The average Bonchev–Trinajstić information content (AvgIpc) is 2.45. The Morgan fingerprint density at radius 3 is 2.48 bits per heavy atom. The quantitative estimate of drug-likeness (QED) is 0.834. The Kier molecular flexibility index (Phi) is 6.60. The molecule has 3 nitrogen and oxygen atoms in total. The largest absolute Gasteiger partial charge is 0.355 e. The van der Waals surface area contributed by atoms with Gasteiger partial charge in [0, 0.05) is 19.0 Å². The second-order valence-corrected chi connectivity index (χ2v) is 5.98. The van der Waals surface area contributed by atoms with E-state index in [1.807, 2.05) is 18.2 Å². The number of benzene rings is 1. The summed E-state index contributed by atoms with van der Waals surface area (Å²) in [6.07, 6.45) is 2.56. The predicted octanol–water partition coefficient (Wildman–Crippen LogP) is 3.54. The summed E-state index contributed by atoms with van der Waals surface area (Å²) in [7, 11) is 1.64. The molecule has 2 atom stereocenters. The molecule has 1 aromatic rings. The molecule has 1 N–H and O–H groups in total. The molecule has 0 spiro atoms. The minimum atomic E-state index is -0.0559. The lowest BCUT2D eigenvalue weighted by Crippen LogP contribution is -2.19. The van der Waals surface area contributed by atoms with Crippen molar-refractivity contribution in [2.24, 2.45) is 11.8 Å². The highest BCUT2D eigenvalue weighted by Crippen LogP contribution is 2.25. The molecule has 0 saturated carbocycles. The van der Waals surface area contributed by atoms with Gasteiger partial charge in [-0.05, 0) is 55.4 Å². The van der Waals surface area contributed by atoms with E-state index in [0.29, 0.717) is 23.8 Å². The minimum absolute atomic E-state index is 0.0559. The fraction of sp³-hybridized carbons (Fsp3) is 0.556. The molecule has 0 aliphatic rings. The van der Waals surface area contributed by atoms with Crippen LogP contribution in [0.4, 0.5) is 0 Å². The van der Waals surface area contributed by atoms with Crippen LogP contribution in [0.5, 0.6) is 0 Å². The fourth-order valence-corrected chi connectivity index (χ4v) is 2.81. The number of nitrogens with one attached hydrogen (secondary N) is 1. The van der Waals surface area contributed by atoms with E-state index in [2.05, 4.69) is 26.1 Å². The van der Waals surface area contributed by atoms with Gasteiger partial charge < -0.3 is 10.1 Å². The van der Waals surface area contributed by atoms with Gasteiger partial charge in [-0.25, -0.2) is 0 Å². The van der Waals surface area contributed by atoms with Gasteiger partial charge in [-0.3, -0.25) is 4.79 Å². The van der Waals surface area contributed by atoms with Crippen molar-refractivity contribution in [2.75, 3.05) is 7.05 Å². The Labute approximate surface area is 128 Å². The maximum Gasteiger partial charge on any atom is 0.251 e. The van der Waals surface area contributed by atoms with E-state index in [9.17, 15) is 9.59 Å². The molecule has 3 heteroatoms. The highest BCUT2D eigenvalue weighted by Gasteiger charge is 2.19. The predicted molar refractivity (Wildman–Crippen MR) is 86.5 cm³/mol. The van der Waals surface area contributed by atoms with Crippen molar-refractivity contribution in [3.8, 4) is 0 Å². The third kappa shape index (κ3) is 5.00. The first kappa shape index (κ1) is 17.4. The Morgan fingerprint density at radius 1 is 1.29 bits per heavy atom. The van der Waals surface area contributed by atoms with Crippen LogP contribution in [0.25, 0.3) is 0 Å². The highest BCUT2D eigenvalue weighted by molar-refractivity contribution is 5.94. The normalized spacial score (nSPS) is 13.6. The summed E-state index contributed by atoms with van der Waals surface area (Å²) < 4.78 is 0. The summed E-state index contributed by atoms with van der Waals surface area (Å²) in [4.78, 5) is 23.1. The maximum atomic E-state index is 11.7. The van der Waals surface area contributed by atoms with Gasteiger partial charge in [0.05, 0.1) is 0 Å². The van der Waals surface area contributed by atoms with Crippen molar-refractivity contribution in [3.05, 3.63) is 34.9 Å². The summed E-state index contributed by atoms with van der Waals surface area (Å²) in [5.41, 5.74) is 3.10. The SMILES string of the molecule is CC[C@H](CC(C)=O)C(C)Cc1cc(C(=O)NC)ccc1C. The van der Waals surface area contributed by atoms with Crippen LogP contribution in [-0.2, 0) is 11.2 Å². The van der Waals surface area contributed by atoms with Crippen LogP contribution >= 0.6 is 0 Å². The van der Waals surface area contributed by atoms with Crippen LogP contribution in [0.15, 0.2) is 18.2 Å². The smallest absolute Gasteiger partial charge is 0.251 e. The molecular weight excluding hydrogens is 262 g/mol. The number of hydrogen-bond donors (Lipinski definition) is 1. The maximum absolute atomic E-state index is 11.7. The van der Waals surface area contributed by atoms with Gasteiger partial charge in [-0.1, -0.05) is 26.3 Å². The zero-order valence-corrected chi connectivity index (χ0v) is 13.8. The second-order valence-electron chi connectivity index (χ2n) is 5.98. The number of Topliss-reactive ketones (excluding diaryl/α,β-unsaturated/α-hetero) is 1. The van der Waals surface area contributed by atoms with E-state index in [4.69, 9.17) is 0 Å². The zero-order valence-electron chi connectivity index (χ0n) is 13.8. The Hall–Kier alpha value is -1.64. The van der Waals surface area contributed by atoms with Gasteiger partial charge in [0.2, 0.25) is 0 Å². The molecule has 0 aromatic heterocycles. The molecule has 1 rings (SSSR count). The Balaban J connectivity index is 2.90. The number of amides is 1. The van der Waals surface area contributed by atoms with Crippen LogP contribution in [0, 0.1) is 18.8 Å². The lowest BCUT2D eigenvalue weighted by atomic mass is 9.82. The van der Waals surface area contributed by atoms with Crippen LogP contribution in [-0.4, -0.2) is 18.7 Å². The van der Waals surface area contributed by atoms with Crippen molar-refractivity contribution in [1.29, 1.82) is 0 Å². The molecule has 0 aliphatic heterocycles. The molecule has 0 saturated heterocycles. The highest BCUT2D eigenvalue weighted by atomic mass is 16.1. The van der Waals surface area contributed by atoms with Crippen molar-refractivity contribution in [1.82, 2.24) is 5.32 Å². The summed E-state index contributed by atoms with van der Waals surface area (Å²) >= 11 is 0. The third-order valence-electron chi connectivity index (χ3n) is 4.26. The molecule has 0 aliphatic carbocycles. The molecular formula is C18H27NO2. The lowest BCUT2D eigenvalue weighted by molar-refractivity contribution is -0.118. The summed E-state index contributed by atoms with van der Waals surface area (Å²) in [6, 6.07) is 5.83. The van der Waals surface area contributed by atoms with Gasteiger partial charge >= 0.3 is 0 Å². The van der Waals surface area contributed by atoms with Crippen molar-refractivity contribution in [3.63, 3.8) is 0 Å².